The number of nitrogens with one attached hydrogen (secondary N) is 1. The summed E-state index contributed by atoms with van der Waals surface area (Å²) in [5.41, 5.74) is -2.11. The second kappa shape index (κ2) is 4.83. The molecule has 1 unspecified atom stereocenters. The van der Waals surface area contributed by atoms with E-state index in [4.69, 9.17) is 0 Å². The number of nitrogens with zero attached hydrogens (tertiary/aromatic N) is 2. The van der Waals surface area contributed by atoms with Gasteiger partial charge in [0.15, 0.2) is 0 Å². The van der Waals surface area contributed by atoms with Gasteiger partial charge in [0.1, 0.15) is 5.54 Å². The summed E-state index contributed by atoms with van der Waals surface area (Å²) in [4.78, 5) is 47.3. The molecule has 3 amide bonds. The third-order valence-corrected chi connectivity index (χ3v) is 4.38. The quantitative estimate of drug-likeness (QED) is 0.494. The van der Waals surface area contributed by atoms with Crippen molar-refractivity contribution in [2.75, 3.05) is 0 Å². The maximum atomic E-state index is 13.7. The summed E-state index contributed by atoms with van der Waals surface area (Å²) in [5, 5.41) is 13.2. The van der Waals surface area contributed by atoms with E-state index in [1.807, 2.05) is 0 Å². The molecule has 0 radical (unpaired) electrons. The zero-order valence-corrected chi connectivity index (χ0v) is 12.1. The molecule has 0 spiro atoms. The molecule has 1 aromatic carbocycles. The molecule has 1 fully saturated rings. The van der Waals surface area contributed by atoms with Gasteiger partial charge < -0.3 is 4.90 Å². The van der Waals surface area contributed by atoms with Crippen LogP contribution in [-0.2, 0) is 16.1 Å². The third kappa shape index (κ3) is 2.07. The highest BCUT2D eigenvalue weighted by Crippen LogP contribution is 2.38. The molecule has 8 nitrogen and oxygen atoms in total. The van der Waals surface area contributed by atoms with E-state index in [1.54, 1.807) is 0 Å². The smallest absolute Gasteiger partial charge is 0.310 e. The molecule has 1 saturated heterocycles. The molecule has 0 aliphatic carbocycles. The predicted molar refractivity (Wildman–Crippen MR) is 73.7 cm³/mol. The van der Waals surface area contributed by atoms with Gasteiger partial charge in [-0.05, 0) is 25.5 Å². The Morgan fingerprint density at radius 1 is 1.35 bits per heavy atom. The van der Waals surface area contributed by atoms with Crippen molar-refractivity contribution in [3.63, 3.8) is 0 Å². The Morgan fingerprint density at radius 3 is 2.65 bits per heavy atom. The standard InChI is InChI=1S/C14H12FN3O5/c1-14(5-4-10(19)16-13(14)21)17-6-8-7(12(17)20)2-3-9(15)11(8)18(22)23/h2-3H,4-6H2,1H3,(H,16,19,21). The van der Waals surface area contributed by atoms with Gasteiger partial charge in [0.2, 0.25) is 11.7 Å². The number of imide groups is 1. The zero-order chi connectivity index (χ0) is 16.9. The molecule has 2 aliphatic rings. The van der Waals surface area contributed by atoms with Gasteiger partial charge in [-0.3, -0.25) is 29.8 Å². The van der Waals surface area contributed by atoms with E-state index in [0.717, 1.165) is 11.0 Å². The summed E-state index contributed by atoms with van der Waals surface area (Å²) in [6.07, 6.45) is 0.159. The van der Waals surface area contributed by atoms with Crippen LogP contribution in [0.25, 0.3) is 0 Å². The van der Waals surface area contributed by atoms with Crippen LogP contribution in [0, 0.1) is 15.9 Å². The Hall–Kier alpha value is -2.84. The van der Waals surface area contributed by atoms with Crippen molar-refractivity contribution in [1.82, 2.24) is 10.2 Å². The fraction of sp³-hybridized carbons (Fsp3) is 0.357. The van der Waals surface area contributed by atoms with Crippen molar-refractivity contribution in [2.45, 2.75) is 31.8 Å². The number of hydrogen-bond donors (Lipinski definition) is 1. The van der Waals surface area contributed by atoms with Crippen LogP contribution in [0.2, 0.25) is 0 Å². The summed E-state index contributed by atoms with van der Waals surface area (Å²) in [6.45, 7) is 1.24. The number of carbonyl (C=O) groups is 3. The Balaban J connectivity index is 2.04. The van der Waals surface area contributed by atoms with Gasteiger partial charge in [-0.25, -0.2) is 0 Å². The molecule has 9 heteroatoms. The SMILES string of the molecule is CC1(N2Cc3c(ccc(F)c3[N+](=O)[O-])C2=O)CCC(=O)NC1=O. The molecule has 1 atom stereocenters. The fourth-order valence-electron chi connectivity index (χ4n) is 2.99. The number of nitro groups is 1. The minimum atomic E-state index is -1.31. The largest absolute Gasteiger partial charge is 0.320 e. The molecule has 2 heterocycles. The normalized spacial score (nSPS) is 23.7. The number of carbonyl (C=O) groups excluding carboxylic acids is 3. The molecule has 1 N–H and O–H groups in total. The first-order valence-electron chi connectivity index (χ1n) is 6.87. The Morgan fingerprint density at radius 2 is 2.04 bits per heavy atom. The number of benzene rings is 1. The van der Waals surface area contributed by atoms with Crippen molar-refractivity contribution in [3.8, 4) is 0 Å². The molecular formula is C14H12FN3O5. The first-order valence-corrected chi connectivity index (χ1v) is 6.87. The van der Waals surface area contributed by atoms with Gasteiger partial charge in [-0.1, -0.05) is 0 Å². The highest BCUT2D eigenvalue weighted by Gasteiger charge is 2.50. The molecule has 23 heavy (non-hydrogen) atoms. The fourth-order valence-corrected chi connectivity index (χ4v) is 2.99. The number of amides is 3. The highest BCUT2D eigenvalue weighted by atomic mass is 19.1. The van der Waals surface area contributed by atoms with Crippen LogP contribution in [0.1, 0.15) is 35.7 Å². The maximum Gasteiger partial charge on any atom is 0.310 e. The maximum absolute atomic E-state index is 13.7. The van der Waals surface area contributed by atoms with Gasteiger partial charge in [-0.2, -0.15) is 4.39 Å². The van der Waals surface area contributed by atoms with E-state index in [2.05, 4.69) is 5.32 Å². The average Bonchev–Trinajstić information content (AvgIpc) is 2.80. The van der Waals surface area contributed by atoms with Crippen molar-refractivity contribution in [1.29, 1.82) is 0 Å². The summed E-state index contributed by atoms with van der Waals surface area (Å²) in [7, 11) is 0. The van der Waals surface area contributed by atoms with Crippen LogP contribution in [0.3, 0.4) is 0 Å². The summed E-state index contributed by atoms with van der Waals surface area (Å²) in [6, 6.07) is 2.04. The lowest BCUT2D eigenvalue weighted by Gasteiger charge is -2.39. The van der Waals surface area contributed by atoms with E-state index >= 15 is 0 Å². The monoisotopic (exact) mass is 321 g/mol. The van der Waals surface area contributed by atoms with E-state index in [0.29, 0.717) is 0 Å². The van der Waals surface area contributed by atoms with Crippen LogP contribution < -0.4 is 5.32 Å². The number of rotatable bonds is 2. The van der Waals surface area contributed by atoms with E-state index in [1.165, 1.54) is 13.0 Å². The lowest BCUT2D eigenvalue weighted by molar-refractivity contribution is -0.388. The highest BCUT2D eigenvalue weighted by molar-refractivity contribution is 6.07. The van der Waals surface area contributed by atoms with E-state index in [-0.39, 0.29) is 30.5 Å². The number of piperidine rings is 1. The predicted octanol–water partition coefficient (Wildman–Crippen LogP) is 0.885. The minimum absolute atomic E-state index is 0.00373. The third-order valence-electron chi connectivity index (χ3n) is 4.38. The zero-order valence-electron chi connectivity index (χ0n) is 12.1. The number of fused-ring (bicyclic) bond motifs is 1. The van der Waals surface area contributed by atoms with Gasteiger partial charge in [-0.15, -0.1) is 0 Å². The van der Waals surface area contributed by atoms with Crippen molar-refractivity contribution < 1.29 is 23.7 Å². The number of nitro benzene ring substituents is 1. The molecular weight excluding hydrogens is 309 g/mol. The second-order valence-electron chi connectivity index (χ2n) is 5.72. The van der Waals surface area contributed by atoms with Crippen LogP contribution in [0.4, 0.5) is 10.1 Å². The number of halogens is 1. The summed E-state index contributed by atoms with van der Waals surface area (Å²) in [5.74, 6) is -2.70. The van der Waals surface area contributed by atoms with Gasteiger partial charge in [0.05, 0.1) is 22.6 Å². The molecule has 0 aromatic heterocycles. The topological polar surface area (TPSA) is 110 Å². The van der Waals surface area contributed by atoms with E-state index in [9.17, 15) is 28.9 Å². The number of hydrogen-bond acceptors (Lipinski definition) is 5. The average molecular weight is 321 g/mol. The molecule has 1 aromatic rings. The van der Waals surface area contributed by atoms with Crippen LogP contribution >= 0.6 is 0 Å². The van der Waals surface area contributed by atoms with Crippen LogP contribution in [-0.4, -0.2) is 33.1 Å². The van der Waals surface area contributed by atoms with Gasteiger partial charge in [0, 0.05) is 6.42 Å². The molecule has 0 bridgehead atoms. The summed E-state index contributed by atoms with van der Waals surface area (Å²) >= 11 is 0. The molecule has 3 rings (SSSR count). The molecule has 2 aliphatic heterocycles. The van der Waals surface area contributed by atoms with Gasteiger partial charge >= 0.3 is 5.69 Å². The lowest BCUT2D eigenvalue weighted by Crippen LogP contribution is -2.61. The minimum Gasteiger partial charge on any atom is -0.320 e. The first-order chi connectivity index (χ1) is 10.8. The molecule has 120 valence electrons. The van der Waals surface area contributed by atoms with Gasteiger partial charge in [0.25, 0.3) is 11.8 Å². The second-order valence-corrected chi connectivity index (χ2v) is 5.72. The van der Waals surface area contributed by atoms with Crippen LogP contribution in [0.5, 0.6) is 0 Å². The lowest BCUT2D eigenvalue weighted by atomic mass is 9.89. The Kier molecular flexibility index (Phi) is 3.17. The van der Waals surface area contributed by atoms with E-state index < -0.39 is 39.7 Å². The molecule has 0 saturated carbocycles. The van der Waals surface area contributed by atoms with Crippen LogP contribution in [0.15, 0.2) is 12.1 Å². The Bertz CT molecular complexity index is 778. The van der Waals surface area contributed by atoms with Crippen molar-refractivity contribution >= 4 is 23.4 Å². The Labute approximate surface area is 129 Å². The first kappa shape index (κ1) is 15.1. The van der Waals surface area contributed by atoms with Crippen molar-refractivity contribution in [2.24, 2.45) is 0 Å². The summed E-state index contributed by atoms with van der Waals surface area (Å²) < 4.78 is 13.7. The van der Waals surface area contributed by atoms with Crippen molar-refractivity contribution in [3.05, 3.63) is 39.2 Å².